The lowest BCUT2D eigenvalue weighted by Crippen LogP contribution is -2.49. The van der Waals surface area contributed by atoms with E-state index < -0.39 is 15.8 Å². The lowest BCUT2D eigenvalue weighted by molar-refractivity contribution is -0.129. The summed E-state index contributed by atoms with van der Waals surface area (Å²) in [7, 11) is -3.73. The van der Waals surface area contributed by atoms with Crippen LogP contribution in [0.2, 0.25) is 0 Å². The van der Waals surface area contributed by atoms with Crippen LogP contribution in [0.15, 0.2) is 41.3 Å². The quantitative estimate of drug-likeness (QED) is 0.707. The average Bonchev–Trinajstić information content (AvgIpc) is 2.78. The van der Waals surface area contributed by atoms with Crippen molar-refractivity contribution in [3.05, 3.63) is 58.9 Å². The normalized spacial score (nSPS) is 17.2. The number of anilines is 1. The zero-order valence-corrected chi connectivity index (χ0v) is 19.0. The Labute approximate surface area is 187 Å². The van der Waals surface area contributed by atoms with Crippen molar-refractivity contribution >= 4 is 27.5 Å². The molecule has 1 fully saturated rings. The number of halogens is 1. The number of hydrogen-bond donors (Lipinski definition) is 0. The van der Waals surface area contributed by atoms with Gasteiger partial charge < -0.3 is 9.80 Å². The smallest absolute Gasteiger partial charge is 0.258 e. The van der Waals surface area contributed by atoms with E-state index in [2.05, 4.69) is 0 Å². The molecule has 0 saturated carbocycles. The van der Waals surface area contributed by atoms with Gasteiger partial charge in [0.1, 0.15) is 5.82 Å². The van der Waals surface area contributed by atoms with Gasteiger partial charge in [-0.05, 0) is 61.2 Å². The molecule has 1 saturated heterocycles. The van der Waals surface area contributed by atoms with Crippen LogP contribution in [-0.2, 0) is 21.2 Å². The molecule has 0 unspecified atom stereocenters. The molecular formula is C23H26FN3O4S. The highest BCUT2D eigenvalue weighted by molar-refractivity contribution is 7.89. The number of carbonyl (C=O) groups is 2. The molecular weight excluding hydrogens is 433 g/mol. The van der Waals surface area contributed by atoms with Crippen molar-refractivity contribution in [3.63, 3.8) is 0 Å². The fraction of sp³-hybridized carbons (Fsp3) is 0.391. The molecule has 2 aromatic carbocycles. The Bertz CT molecular complexity index is 1160. The van der Waals surface area contributed by atoms with E-state index in [4.69, 9.17) is 0 Å². The van der Waals surface area contributed by atoms with E-state index in [1.165, 1.54) is 46.5 Å². The number of nitrogens with zero attached hydrogens (tertiary/aromatic N) is 3. The van der Waals surface area contributed by atoms with Gasteiger partial charge in [-0.25, -0.2) is 12.8 Å². The summed E-state index contributed by atoms with van der Waals surface area (Å²) in [5, 5.41) is 0. The Morgan fingerprint density at radius 3 is 2.25 bits per heavy atom. The largest absolute Gasteiger partial charge is 0.340 e. The highest BCUT2D eigenvalue weighted by atomic mass is 32.2. The van der Waals surface area contributed by atoms with Crippen LogP contribution in [0.3, 0.4) is 0 Å². The first-order valence-electron chi connectivity index (χ1n) is 10.6. The number of aryl methyl sites for hydroxylation is 2. The Morgan fingerprint density at radius 1 is 0.969 bits per heavy atom. The number of piperazine rings is 1. The van der Waals surface area contributed by atoms with Crippen LogP contribution in [0.25, 0.3) is 0 Å². The molecule has 32 heavy (non-hydrogen) atoms. The van der Waals surface area contributed by atoms with Gasteiger partial charge in [-0.15, -0.1) is 0 Å². The van der Waals surface area contributed by atoms with Crippen molar-refractivity contribution in [1.82, 2.24) is 9.21 Å². The first kappa shape index (κ1) is 22.4. The van der Waals surface area contributed by atoms with Crippen molar-refractivity contribution in [2.45, 2.75) is 31.6 Å². The zero-order chi connectivity index (χ0) is 23.0. The summed E-state index contributed by atoms with van der Waals surface area (Å²) < 4.78 is 41.9. The fourth-order valence-corrected chi connectivity index (χ4v) is 5.78. The summed E-state index contributed by atoms with van der Waals surface area (Å²) in [6.45, 7) is 4.86. The minimum Gasteiger partial charge on any atom is -0.340 e. The molecule has 0 N–H and O–H groups in total. The molecule has 0 spiro atoms. The van der Waals surface area contributed by atoms with Crippen molar-refractivity contribution in [2.24, 2.45) is 0 Å². The number of sulfonamides is 1. The van der Waals surface area contributed by atoms with Crippen molar-refractivity contribution in [1.29, 1.82) is 0 Å². The number of hydrogen-bond acceptors (Lipinski definition) is 4. The topological polar surface area (TPSA) is 78.0 Å². The predicted molar refractivity (Wildman–Crippen MR) is 119 cm³/mol. The van der Waals surface area contributed by atoms with Gasteiger partial charge in [0.15, 0.2) is 0 Å². The average molecular weight is 460 g/mol. The van der Waals surface area contributed by atoms with E-state index in [-0.39, 0.29) is 29.8 Å². The molecule has 2 aliphatic heterocycles. The van der Waals surface area contributed by atoms with E-state index in [1.54, 1.807) is 4.90 Å². The Hall–Kier alpha value is -2.78. The van der Waals surface area contributed by atoms with Gasteiger partial charge in [0.25, 0.3) is 5.91 Å². The molecule has 7 nitrogen and oxygen atoms in total. The minimum atomic E-state index is -3.73. The molecule has 2 heterocycles. The second kappa shape index (κ2) is 8.63. The summed E-state index contributed by atoms with van der Waals surface area (Å²) >= 11 is 0. The van der Waals surface area contributed by atoms with Crippen LogP contribution in [0.1, 0.15) is 34.8 Å². The van der Waals surface area contributed by atoms with E-state index in [0.29, 0.717) is 37.3 Å². The van der Waals surface area contributed by atoms with E-state index >= 15 is 0 Å². The second-order valence-corrected chi connectivity index (χ2v) is 10.2. The zero-order valence-electron chi connectivity index (χ0n) is 18.2. The first-order chi connectivity index (χ1) is 15.2. The number of rotatable bonds is 3. The van der Waals surface area contributed by atoms with Crippen molar-refractivity contribution in [2.75, 3.05) is 37.6 Å². The maximum absolute atomic E-state index is 14.7. The number of amides is 2. The first-order valence-corrected chi connectivity index (χ1v) is 12.1. The maximum atomic E-state index is 14.7. The predicted octanol–water partition coefficient (Wildman–Crippen LogP) is 2.58. The summed E-state index contributed by atoms with van der Waals surface area (Å²) in [5.74, 6) is -0.847. The summed E-state index contributed by atoms with van der Waals surface area (Å²) in [6.07, 6.45) is 1.45. The van der Waals surface area contributed by atoms with Gasteiger partial charge in [-0.2, -0.15) is 4.31 Å². The van der Waals surface area contributed by atoms with Crippen LogP contribution in [0, 0.1) is 12.7 Å². The van der Waals surface area contributed by atoms with Gasteiger partial charge in [0, 0.05) is 45.2 Å². The molecule has 2 aromatic rings. The van der Waals surface area contributed by atoms with Crippen LogP contribution in [0.5, 0.6) is 0 Å². The highest BCUT2D eigenvalue weighted by Gasteiger charge is 2.30. The van der Waals surface area contributed by atoms with Crippen molar-refractivity contribution < 1.29 is 22.4 Å². The Morgan fingerprint density at radius 2 is 1.62 bits per heavy atom. The van der Waals surface area contributed by atoms with Gasteiger partial charge >= 0.3 is 0 Å². The number of carbonyl (C=O) groups excluding carboxylic acids is 2. The van der Waals surface area contributed by atoms with Crippen molar-refractivity contribution in [3.8, 4) is 0 Å². The molecule has 170 valence electrons. The molecule has 0 radical (unpaired) electrons. The van der Waals surface area contributed by atoms with Crippen LogP contribution < -0.4 is 4.90 Å². The van der Waals surface area contributed by atoms with Crippen LogP contribution in [-0.4, -0.2) is 62.2 Å². The highest BCUT2D eigenvalue weighted by Crippen LogP contribution is 2.32. The van der Waals surface area contributed by atoms with Crippen LogP contribution >= 0.6 is 0 Å². The summed E-state index contributed by atoms with van der Waals surface area (Å²) in [5.41, 5.74) is 2.24. The molecule has 9 heteroatoms. The van der Waals surface area contributed by atoms with E-state index in [9.17, 15) is 22.4 Å². The van der Waals surface area contributed by atoms with Gasteiger partial charge in [0.2, 0.25) is 15.9 Å². The molecule has 0 aromatic heterocycles. The SMILES string of the molecule is CC(=O)N1CCN(S(=O)(=O)c2ccc(C(=O)N3CCCc4cc(C)cc(F)c43)cc2)CC1. The molecule has 4 rings (SSSR count). The maximum Gasteiger partial charge on any atom is 0.258 e. The number of benzene rings is 2. The third-order valence-electron chi connectivity index (χ3n) is 6.05. The van der Waals surface area contributed by atoms with E-state index in [1.807, 2.05) is 13.0 Å². The third-order valence-corrected chi connectivity index (χ3v) is 7.97. The molecule has 0 bridgehead atoms. The minimum absolute atomic E-state index is 0.0733. The van der Waals surface area contributed by atoms with Gasteiger partial charge in [-0.1, -0.05) is 6.07 Å². The lowest BCUT2D eigenvalue weighted by Gasteiger charge is -2.33. The molecule has 0 atom stereocenters. The monoisotopic (exact) mass is 459 g/mol. The summed E-state index contributed by atoms with van der Waals surface area (Å²) in [6, 6.07) is 9.10. The Balaban J connectivity index is 1.54. The van der Waals surface area contributed by atoms with Gasteiger partial charge in [0.05, 0.1) is 10.6 Å². The van der Waals surface area contributed by atoms with Gasteiger partial charge in [-0.3, -0.25) is 9.59 Å². The fourth-order valence-electron chi connectivity index (χ4n) is 4.36. The second-order valence-electron chi connectivity index (χ2n) is 8.25. The summed E-state index contributed by atoms with van der Waals surface area (Å²) in [4.78, 5) is 27.7. The Kier molecular flexibility index (Phi) is 6.05. The number of fused-ring (bicyclic) bond motifs is 1. The van der Waals surface area contributed by atoms with Crippen LogP contribution in [0.4, 0.5) is 10.1 Å². The van der Waals surface area contributed by atoms with E-state index in [0.717, 1.165) is 17.5 Å². The third kappa shape index (κ3) is 4.14. The molecule has 2 aliphatic rings. The molecule has 0 aliphatic carbocycles. The lowest BCUT2D eigenvalue weighted by atomic mass is 9.98. The standard InChI is InChI=1S/C23H26FN3O4S/c1-16-14-19-4-3-9-27(22(19)21(24)15-16)23(29)18-5-7-20(8-6-18)32(30,31)26-12-10-25(11-13-26)17(2)28/h5-8,14-15H,3-4,9-13H2,1-2H3. The molecule has 2 amide bonds.